The van der Waals surface area contributed by atoms with Crippen molar-refractivity contribution in [1.29, 1.82) is 0 Å². The molecule has 0 spiro atoms. The van der Waals surface area contributed by atoms with Gasteiger partial charge in [0.15, 0.2) is 11.0 Å². The van der Waals surface area contributed by atoms with E-state index in [-0.39, 0.29) is 11.7 Å². The van der Waals surface area contributed by atoms with Gasteiger partial charge < -0.3 is 9.73 Å². The molecule has 0 saturated heterocycles. The topological polar surface area (TPSA) is 73.0 Å². The number of thioether (sulfide) groups is 1. The molecule has 4 rings (SSSR count). The molecule has 4 aromatic rings. The molecule has 28 heavy (non-hydrogen) atoms. The van der Waals surface area contributed by atoms with E-state index in [9.17, 15) is 4.79 Å². The predicted octanol–water partition coefficient (Wildman–Crippen LogP) is 4.06. The maximum Gasteiger partial charge on any atom is 0.230 e. The first-order chi connectivity index (χ1) is 13.8. The van der Waals surface area contributed by atoms with Gasteiger partial charge in [0.1, 0.15) is 5.76 Å². The average molecular weight is 411 g/mol. The number of furan rings is 1. The van der Waals surface area contributed by atoms with Crippen molar-refractivity contribution >= 4 is 29.0 Å². The Hall–Kier alpha value is -2.84. The smallest absolute Gasteiger partial charge is 0.230 e. The number of carbonyl (C=O) groups excluding carboxylic acids is 1. The maximum atomic E-state index is 12.2. The van der Waals surface area contributed by atoms with E-state index >= 15 is 0 Å². The molecule has 0 aliphatic rings. The van der Waals surface area contributed by atoms with Gasteiger partial charge in [-0.15, -0.1) is 21.5 Å². The predicted molar refractivity (Wildman–Crippen MR) is 110 cm³/mol. The Morgan fingerprint density at radius 3 is 2.75 bits per heavy atom. The molecule has 8 heteroatoms. The summed E-state index contributed by atoms with van der Waals surface area (Å²) in [4.78, 5) is 13.2. The average Bonchev–Trinajstić information content (AvgIpc) is 3.47. The van der Waals surface area contributed by atoms with Gasteiger partial charge in [-0.05, 0) is 29.1 Å². The maximum absolute atomic E-state index is 12.2. The monoisotopic (exact) mass is 410 g/mol. The fourth-order valence-electron chi connectivity index (χ4n) is 2.67. The molecule has 1 aromatic carbocycles. The highest BCUT2D eigenvalue weighted by molar-refractivity contribution is 7.99. The molecule has 3 heterocycles. The van der Waals surface area contributed by atoms with E-state index in [1.165, 1.54) is 11.8 Å². The molecular weight excluding hydrogens is 392 g/mol. The number of benzene rings is 1. The molecule has 0 atom stereocenters. The molecule has 0 unspecified atom stereocenters. The molecule has 0 saturated carbocycles. The van der Waals surface area contributed by atoms with Gasteiger partial charge in [0.2, 0.25) is 5.91 Å². The van der Waals surface area contributed by atoms with Crippen molar-refractivity contribution in [3.63, 3.8) is 0 Å². The lowest BCUT2D eigenvalue weighted by molar-refractivity contribution is -0.118. The fourth-order valence-corrected chi connectivity index (χ4v) is 4.16. The highest BCUT2D eigenvalue weighted by atomic mass is 32.2. The summed E-state index contributed by atoms with van der Waals surface area (Å²) in [6.07, 6.45) is 1.59. The van der Waals surface area contributed by atoms with Gasteiger partial charge in [-0.3, -0.25) is 9.36 Å². The van der Waals surface area contributed by atoms with Crippen LogP contribution in [0.3, 0.4) is 0 Å². The van der Waals surface area contributed by atoms with E-state index in [4.69, 9.17) is 4.42 Å². The van der Waals surface area contributed by atoms with Crippen LogP contribution in [0.5, 0.6) is 0 Å². The number of hydrogen-bond donors (Lipinski definition) is 1. The highest BCUT2D eigenvalue weighted by Gasteiger charge is 2.16. The van der Waals surface area contributed by atoms with Crippen LogP contribution in [0.25, 0.3) is 10.7 Å². The molecule has 0 aliphatic heterocycles. The zero-order valence-electron chi connectivity index (χ0n) is 14.9. The lowest BCUT2D eigenvalue weighted by atomic mass is 10.2. The molecule has 3 aromatic heterocycles. The van der Waals surface area contributed by atoms with Gasteiger partial charge in [-0.2, -0.15) is 0 Å². The van der Waals surface area contributed by atoms with Crippen molar-refractivity contribution in [1.82, 2.24) is 20.1 Å². The number of nitrogens with one attached hydrogen (secondary N) is 1. The van der Waals surface area contributed by atoms with E-state index in [1.54, 1.807) is 23.7 Å². The van der Waals surface area contributed by atoms with Crippen LogP contribution < -0.4 is 5.32 Å². The highest BCUT2D eigenvalue weighted by Crippen LogP contribution is 2.28. The van der Waals surface area contributed by atoms with E-state index in [2.05, 4.69) is 32.2 Å². The Morgan fingerprint density at radius 1 is 1.11 bits per heavy atom. The van der Waals surface area contributed by atoms with Gasteiger partial charge in [-0.25, -0.2) is 0 Å². The third-order valence-electron chi connectivity index (χ3n) is 4.01. The number of thiophene rings is 1. The van der Waals surface area contributed by atoms with Crippen molar-refractivity contribution in [3.8, 4) is 10.7 Å². The minimum Gasteiger partial charge on any atom is -0.467 e. The van der Waals surface area contributed by atoms with E-state index in [0.717, 1.165) is 27.2 Å². The SMILES string of the molecule is O=C(CSc1nnc(-c2cccs2)n1Cc1ccccc1)NCc1ccco1. The molecule has 1 N–H and O–H groups in total. The molecule has 142 valence electrons. The van der Waals surface area contributed by atoms with Crippen LogP contribution in [0.15, 0.2) is 75.8 Å². The second-order valence-corrected chi connectivity index (χ2v) is 7.89. The van der Waals surface area contributed by atoms with Crippen LogP contribution in [-0.2, 0) is 17.9 Å². The summed E-state index contributed by atoms with van der Waals surface area (Å²) >= 11 is 3.00. The Kier molecular flexibility index (Phi) is 5.89. The first-order valence-corrected chi connectivity index (χ1v) is 10.6. The van der Waals surface area contributed by atoms with Crippen LogP contribution in [0, 0.1) is 0 Å². The molecule has 0 aliphatic carbocycles. The Balaban J connectivity index is 1.47. The molecular formula is C20H18N4O2S2. The third kappa shape index (κ3) is 4.52. The summed E-state index contributed by atoms with van der Waals surface area (Å²) in [7, 11) is 0. The summed E-state index contributed by atoms with van der Waals surface area (Å²) in [5.41, 5.74) is 1.16. The van der Waals surface area contributed by atoms with Crippen LogP contribution in [0.4, 0.5) is 0 Å². The van der Waals surface area contributed by atoms with E-state index < -0.39 is 0 Å². The summed E-state index contributed by atoms with van der Waals surface area (Å²) in [6, 6.07) is 17.8. The normalized spacial score (nSPS) is 10.9. The molecule has 0 bridgehead atoms. The number of nitrogens with zero attached hydrogens (tertiary/aromatic N) is 3. The molecule has 6 nitrogen and oxygen atoms in total. The van der Waals surface area contributed by atoms with Gasteiger partial charge in [0.05, 0.1) is 30.0 Å². The molecule has 0 radical (unpaired) electrons. The van der Waals surface area contributed by atoms with Gasteiger partial charge in [0, 0.05) is 0 Å². The lowest BCUT2D eigenvalue weighted by Gasteiger charge is -2.09. The van der Waals surface area contributed by atoms with Crippen LogP contribution in [0.1, 0.15) is 11.3 Å². The van der Waals surface area contributed by atoms with Crippen molar-refractivity contribution in [2.24, 2.45) is 0 Å². The fraction of sp³-hybridized carbons (Fsp3) is 0.150. The van der Waals surface area contributed by atoms with Crippen molar-refractivity contribution in [2.45, 2.75) is 18.2 Å². The zero-order valence-corrected chi connectivity index (χ0v) is 16.6. The number of hydrogen-bond acceptors (Lipinski definition) is 6. The Bertz CT molecular complexity index is 1010. The Morgan fingerprint density at radius 2 is 2.00 bits per heavy atom. The quantitative estimate of drug-likeness (QED) is 0.444. The third-order valence-corrected chi connectivity index (χ3v) is 5.85. The number of amides is 1. The largest absolute Gasteiger partial charge is 0.467 e. The number of carbonyl (C=O) groups is 1. The first-order valence-electron chi connectivity index (χ1n) is 8.72. The van der Waals surface area contributed by atoms with Gasteiger partial charge >= 0.3 is 0 Å². The zero-order chi connectivity index (χ0) is 19.2. The summed E-state index contributed by atoms with van der Waals surface area (Å²) in [5.74, 6) is 1.73. The van der Waals surface area contributed by atoms with Crippen molar-refractivity contribution < 1.29 is 9.21 Å². The second kappa shape index (κ2) is 8.90. The summed E-state index contributed by atoms with van der Waals surface area (Å²) in [5, 5.41) is 14.3. The Labute approximate surface area is 170 Å². The molecule has 0 fully saturated rings. The summed E-state index contributed by atoms with van der Waals surface area (Å²) in [6.45, 7) is 1.03. The lowest BCUT2D eigenvalue weighted by Crippen LogP contribution is -2.24. The standard InChI is InChI=1S/C20H18N4O2S2/c25-18(21-12-16-8-4-10-26-16)14-28-20-23-22-19(17-9-5-11-27-17)24(20)13-15-6-2-1-3-7-15/h1-11H,12-14H2,(H,21,25). The second-order valence-electron chi connectivity index (χ2n) is 6.00. The van der Waals surface area contributed by atoms with Crippen LogP contribution in [0.2, 0.25) is 0 Å². The van der Waals surface area contributed by atoms with E-state index in [0.29, 0.717) is 13.1 Å². The van der Waals surface area contributed by atoms with Crippen LogP contribution in [-0.4, -0.2) is 26.4 Å². The van der Waals surface area contributed by atoms with Crippen molar-refractivity contribution in [3.05, 3.63) is 77.6 Å². The number of rotatable bonds is 8. The minimum absolute atomic E-state index is 0.0756. The van der Waals surface area contributed by atoms with Gasteiger partial charge in [0.25, 0.3) is 0 Å². The van der Waals surface area contributed by atoms with Crippen molar-refractivity contribution in [2.75, 3.05) is 5.75 Å². The first kappa shape index (κ1) is 18.5. The number of aromatic nitrogens is 3. The van der Waals surface area contributed by atoms with E-state index in [1.807, 2.05) is 41.8 Å². The van der Waals surface area contributed by atoms with Gasteiger partial charge in [-0.1, -0.05) is 48.2 Å². The summed E-state index contributed by atoms with van der Waals surface area (Å²) < 4.78 is 7.29. The van der Waals surface area contributed by atoms with Crippen LogP contribution >= 0.6 is 23.1 Å². The molecule has 1 amide bonds. The minimum atomic E-state index is -0.0756.